The Balaban J connectivity index is 1.47. The number of pyridine rings is 1. The second kappa shape index (κ2) is 11.3. The number of nitrogens with one attached hydrogen (secondary N) is 1. The Morgan fingerprint density at radius 3 is 2.90 bits per heavy atom. The Morgan fingerprint density at radius 1 is 1.26 bits per heavy atom. The highest BCUT2D eigenvalue weighted by molar-refractivity contribution is 6.01. The quantitative estimate of drug-likeness (QED) is 0.387. The molecule has 0 radical (unpaired) electrons. The van der Waals surface area contributed by atoms with Gasteiger partial charge in [-0.25, -0.2) is 24.8 Å². The number of aromatic nitrogens is 3. The molecule has 4 N–H and O–H groups in total. The third-order valence-electron chi connectivity index (χ3n) is 6.95. The number of amidine groups is 1. The van der Waals surface area contributed by atoms with Crippen molar-refractivity contribution in [2.24, 2.45) is 4.99 Å². The number of rotatable bonds is 7. The molecule has 0 aliphatic carbocycles. The lowest BCUT2D eigenvalue weighted by atomic mass is 9.91. The van der Waals surface area contributed by atoms with Crippen LogP contribution in [0.25, 0.3) is 11.3 Å². The van der Waals surface area contributed by atoms with Gasteiger partial charge in [-0.05, 0) is 43.5 Å². The van der Waals surface area contributed by atoms with Crippen molar-refractivity contribution in [2.45, 2.75) is 38.3 Å². The number of nitrogen functional groups attached to an aromatic ring is 1. The summed E-state index contributed by atoms with van der Waals surface area (Å²) in [5.74, 6) is 0.214. The van der Waals surface area contributed by atoms with Gasteiger partial charge >= 0.3 is 0 Å². The van der Waals surface area contributed by atoms with Crippen LogP contribution in [0.1, 0.15) is 41.4 Å². The molecule has 1 aromatic carbocycles. The van der Waals surface area contributed by atoms with Crippen LogP contribution in [0, 0.1) is 12.7 Å². The summed E-state index contributed by atoms with van der Waals surface area (Å²) in [6.07, 6.45) is 1.98. The van der Waals surface area contributed by atoms with E-state index in [1.54, 1.807) is 36.1 Å². The van der Waals surface area contributed by atoms with Gasteiger partial charge in [-0.2, -0.15) is 0 Å². The van der Waals surface area contributed by atoms with Crippen molar-refractivity contribution < 1.29 is 23.9 Å². The maximum atomic E-state index is 14.4. The highest BCUT2D eigenvalue weighted by atomic mass is 19.1. The molecule has 204 valence electrons. The minimum atomic E-state index is -0.492. The zero-order chi connectivity index (χ0) is 27.5. The number of amides is 1. The molecule has 39 heavy (non-hydrogen) atoms. The molecule has 12 heteroatoms. The van der Waals surface area contributed by atoms with Crippen LogP contribution < -0.4 is 16.0 Å². The summed E-state index contributed by atoms with van der Waals surface area (Å²) in [6, 6.07) is 9.05. The second-order valence-corrected chi connectivity index (χ2v) is 9.44. The lowest BCUT2D eigenvalue weighted by Gasteiger charge is -2.26. The van der Waals surface area contributed by atoms with Gasteiger partial charge in [0.1, 0.15) is 5.82 Å². The monoisotopic (exact) mass is 535 g/mol. The molecule has 0 saturated carbocycles. The number of nitrogens with zero attached hydrogens (tertiary/aromatic N) is 5. The summed E-state index contributed by atoms with van der Waals surface area (Å²) >= 11 is 0. The van der Waals surface area contributed by atoms with Crippen molar-refractivity contribution in [3.8, 4) is 17.1 Å². The van der Waals surface area contributed by atoms with E-state index in [1.807, 2.05) is 0 Å². The number of carbonyl (C=O) groups is 1. The molecule has 11 nitrogen and oxygen atoms in total. The Kier molecular flexibility index (Phi) is 7.66. The number of ether oxygens (including phenoxy) is 1. The van der Waals surface area contributed by atoms with Crippen LogP contribution in [0.4, 0.5) is 10.3 Å². The predicted octanol–water partition coefficient (Wildman–Crippen LogP) is 2.13. The first kappa shape index (κ1) is 26.4. The molecule has 0 unspecified atom stereocenters. The van der Waals surface area contributed by atoms with E-state index < -0.39 is 11.9 Å². The summed E-state index contributed by atoms with van der Waals surface area (Å²) in [6.45, 7) is 2.04. The molecule has 2 aliphatic rings. The van der Waals surface area contributed by atoms with E-state index in [1.165, 1.54) is 19.2 Å². The van der Waals surface area contributed by atoms with Gasteiger partial charge in [0.15, 0.2) is 12.4 Å². The number of aliphatic hydroxyl groups excluding tert-OH is 1. The molecule has 4 heterocycles. The number of hydroxylamine groups is 1. The molecule has 2 atom stereocenters. The van der Waals surface area contributed by atoms with Crippen LogP contribution in [0.15, 0.2) is 41.4 Å². The summed E-state index contributed by atoms with van der Waals surface area (Å²) in [5, 5.41) is 9.54. The standard InChI is InChI=1S/C27H30FN7O4/c1-15-25-22(33-27(29)30-15)12-21(32-26(25)34-39-14-24(37)35-10-4-5-17(35)13-36)18-9-8-16(28)11-19(18)20-6-3-7-23(31-20)38-2/h3,6-9,11,17,21,36H,4-5,10,12-14H2,1-2H3,(H,32,34)(H2,29,30,33)/t17-,21-/m1/s1. The van der Waals surface area contributed by atoms with E-state index in [-0.39, 0.29) is 31.1 Å². The van der Waals surface area contributed by atoms with Gasteiger partial charge in [-0.15, -0.1) is 0 Å². The molecule has 5 rings (SSSR count). The van der Waals surface area contributed by atoms with Crippen LogP contribution in [0.5, 0.6) is 5.88 Å². The Labute approximate surface area is 224 Å². The van der Waals surface area contributed by atoms with Crippen LogP contribution in [-0.2, 0) is 16.1 Å². The minimum Gasteiger partial charge on any atom is -0.481 e. The fourth-order valence-corrected chi connectivity index (χ4v) is 5.14. The average Bonchev–Trinajstić information content (AvgIpc) is 3.41. The third-order valence-corrected chi connectivity index (χ3v) is 6.95. The zero-order valence-corrected chi connectivity index (χ0v) is 21.7. The normalized spacial score (nSPS) is 18.5. The number of fused-ring (bicyclic) bond motifs is 1. The molecular weight excluding hydrogens is 505 g/mol. The Hall–Kier alpha value is -4.16. The average molecular weight is 536 g/mol. The third kappa shape index (κ3) is 5.52. The number of aliphatic hydroxyl groups is 1. The molecule has 1 fully saturated rings. The number of hydrogen-bond acceptors (Lipinski definition) is 10. The first-order chi connectivity index (χ1) is 18.9. The fraction of sp³-hybridized carbons (Fsp3) is 0.370. The van der Waals surface area contributed by atoms with E-state index in [0.29, 0.717) is 52.9 Å². The molecular formula is C27H30FN7O4. The molecule has 0 bridgehead atoms. The van der Waals surface area contributed by atoms with Crippen molar-refractivity contribution in [1.29, 1.82) is 0 Å². The molecule has 2 aliphatic heterocycles. The van der Waals surface area contributed by atoms with E-state index in [4.69, 9.17) is 20.3 Å². The number of carbonyl (C=O) groups excluding carboxylic acids is 1. The topological polar surface area (TPSA) is 148 Å². The van der Waals surface area contributed by atoms with Crippen molar-refractivity contribution in [2.75, 3.05) is 32.6 Å². The number of benzene rings is 1. The summed E-state index contributed by atoms with van der Waals surface area (Å²) in [7, 11) is 1.52. The Morgan fingerprint density at radius 2 is 2.10 bits per heavy atom. The van der Waals surface area contributed by atoms with Crippen molar-refractivity contribution in [3.05, 3.63) is 64.7 Å². The number of anilines is 1. The molecule has 3 aromatic rings. The molecule has 0 spiro atoms. The zero-order valence-electron chi connectivity index (χ0n) is 21.7. The van der Waals surface area contributed by atoms with Crippen molar-refractivity contribution in [3.63, 3.8) is 0 Å². The molecule has 1 saturated heterocycles. The van der Waals surface area contributed by atoms with Gasteiger partial charge in [-0.1, -0.05) is 12.1 Å². The molecule has 1 amide bonds. The van der Waals surface area contributed by atoms with E-state index in [2.05, 4.69) is 20.4 Å². The number of hydrogen-bond donors (Lipinski definition) is 3. The van der Waals surface area contributed by atoms with Crippen LogP contribution in [0.3, 0.4) is 0 Å². The lowest BCUT2D eigenvalue weighted by molar-refractivity contribution is -0.139. The van der Waals surface area contributed by atoms with Crippen LogP contribution in [0.2, 0.25) is 0 Å². The maximum Gasteiger partial charge on any atom is 0.251 e. The fourth-order valence-electron chi connectivity index (χ4n) is 5.14. The SMILES string of the molecule is COc1cccc(-c2cc(F)ccc2[C@H]2Cc3nc(N)nc(C)c3C(NOCC(=O)N3CCC[C@@H]3CO)=N2)n1. The minimum absolute atomic E-state index is 0.0823. The maximum absolute atomic E-state index is 14.4. The number of aryl methyl sites for hydroxylation is 1. The van der Waals surface area contributed by atoms with E-state index in [9.17, 15) is 14.3 Å². The summed E-state index contributed by atoms with van der Waals surface area (Å²) < 4.78 is 19.7. The first-order valence-corrected chi connectivity index (χ1v) is 12.7. The van der Waals surface area contributed by atoms with Gasteiger partial charge in [-0.3, -0.25) is 14.6 Å². The summed E-state index contributed by atoms with van der Waals surface area (Å²) in [4.78, 5) is 38.0. The largest absolute Gasteiger partial charge is 0.481 e. The van der Waals surface area contributed by atoms with E-state index in [0.717, 1.165) is 18.4 Å². The molecule has 2 aromatic heterocycles. The summed E-state index contributed by atoms with van der Waals surface area (Å²) in [5.41, 5.74) is 12.5. The highest BCUT2D eigenvalue weighted by Gasteiger charge is 2.30. The number of nitrogens with two attached hydrogens (primary N) is 1. The first-order valence-electron chi connectivity index (χ1n) is 12.7. The van der Waals surface area contributed by atoms with Gasteiger partial charge < -0.3 is 20.5 Å². The predicted molar refractivity (Wildman–Crippen MR) is 141 cm³/mol. The Bertz CT molecular complexity index is 1420. The van der Waals surface area contributed by atoms with Crippen LogP contribution in [-0.4, -0.2) is 69.6 Å². The van der Waals surface area contributed by atoms with Gasteiger partial charge in [0.05, 0.1) is 48.4 Å². The van der Waals surface area contributed by atoms with Gasteiger partial charge in [0.25, 0.3) is 5.91 Å². The number of halogens is 1. The van der Waals surface area contributed by atoms with E-state index >= 15 is 0 Å². The lowest BCUT2D eigenvalue weighted by Crippen LogP contribution is -2.41. The smallest absolute Gasteiger partial charge is 0.251 e. The van der Waals surface area contributed by atoms with Gasteiger partial charge in [0.2, 0.25) is 11.8 Å². The highest BCUT2D eigenvalue weighted by Crippen LogP contribution is 2.36. The van der Waals surface area contributed by atoms with Crippen molar-refractivity contribution >= 4 is 17.7 Å². The number of aliphatic imine (C=N–C) groups is 1. The van der Waals surface area contributed by atoms with Crippen molar-refractivity contribution in [1.82, 2.24) is 25.3 Å². The number of likely N-dealkylation sites (tertiary alicyclic amines) is 1. The van der Waals surface area contributed by atoms with Gasteiger partial charge in [0, 0.05) is 24.6 Å². The van der Waals surface area contributed by atoms with Crippen LogP contribution >= 0.6 is 0 Å². The number of methoxy groups -OCH3 is 1. The second-order valence-electron chi connectivity index (χ2n) is 9.44.